The van der Waals surface area contributed by atoms with Crippen LogP contribution in [0.3, 0.4) is 0 Å². The zero-order chi connectivity index (χ0) is 10.1. The number of hydrogen-bond acceptors (Lipinski definition) is 1. The van der Waals surface area contributed by atoms with Crippen LogP contribution in [0, 0.1) is 0 Å². The average molecular weight is 179 g/mol. The van der Waals surface area contributed by atoms with Gasteiger partial charge in [-0.1, -0.05) is 32.6 Å². The molecule has 0 aliphatic rings. The van der Waals surface area contributed by atoms with E-state index in [9.17, 15) is 0 Å². The number of nitrogens with one attached hydrogen (secondary N) is 1. The largest absolute Gasteiger partial charge is 0.385 e. The summed E-state index contributed by atoms with van der Waals surface area (Å²) in [5.74, 6) is 0. The molecule has 74 valence electrons. The molecule has 0 aromatic heterocycles. The third kappa shape index (κ3) is 4.56. The second-order valence-electron chi connectivity index (χ2n) is 2.91. The van der Waals surface area contributed by atoms with E-state index in [-0.39, 0.29) is 0 Å². The second-order valence-corrected chi connectivity index (χ2v) is 2.91. The van der Waals surface area contributed by atoms with Gasteiger partial charge in [0.1, 0.15) is 0 Å². The Morgan fingerprint density at radius 2 is 2.08 bits per heavy atom. The Morgan fingerprint density at radius 3 is 2.46 bits per heavy atom. The zero-order valence-corrected chi connectivity index (χ0v) is 9.06. The lowest BCUT2D eigenvalue weighted by Crippen LogP contribution is -2.15. The molecule has 0 spiro atoms. The van der Waals surface area contributed by atoms with Crippen molar-refractivity contribution in [1.29, 1.82) is 0 Å². The van der Waals surface area contributed by atoms with Crippen LogP contribution in [-0.4, -0.2) is 6.54 Å². The first kappa shape index (κ1) is 12.0. The Bertz CT molecular complexity index is 199. The summed E-state index contributed by atoms with van der Waals surface area (Å²) >= 11 is 0. The van der Waals surface area contributed by atoms with Crippen LogP contribution < -0.4 is 5.32 Å². The molecule has 0 aliphatic heterocycles. The quantitative estimate of drug-likeness (QED) is 0.616. The Hall–Kier alpha value is -0.980. The summed E-state index contributed by atoms with van der Waals surface area (Å²) in [5, 5.41) is 3.39. The van der Waals surface area contributed by atoms with Gasteiger partial charge < -0.3 is 5.32 Å². The molecular weight excluding hydrogens is 158 g/mol. The molecule has 0 unspecified atom stereocenters. The van der Waals surface area contributed by atoms with E-state index in [0.717, 1.165) is 19.4 Å². The first-order valence-corrected chi connectivity index (χ1v) is 5.02. The van der Waals surface area contributed by atoms with Crippen molar-refractivity contribution in [2.75, 3.05) is 6.54 Å². The molecule has 0 radical (unpaired) electrons. The van der Waals surface area contributed by atoms with E-state index in [1.807, 2.05) is 12.2 Å². The molecule has 0 heterocycles. The Labute approximate surface area is 82.2 Å². The highest BCUT2D eigenvalue weighted by Gasteiger charge is 1.98. The summed E-state index contributed by atoms with van der Waals surface area (Å²) in [7, 11) is 0. The van der Waals surface area contributed by atoms with Crippen LogP contribution in [0.2, 0.25) is 0 Å². The van der Waals surface area contributed by atoms with Gasteiger partial charge in [-0.05, 0) is 31.4 Å². The van der Waals surface area contributed by atoms with Crippen molar-refractivity contribution in [3.8, 4) is 0 Å². The minimum atomic E-state index is 1.02. The van der Waals surface area contributed by atoms with Gasteiger partial charge in [0.2, 0.25) is 0 Å². The van der Waals surface area contributed by atoms with Crippen LogP contribution in [0.1, 0.15) is 33.6 Å². The molecule has 13 heavy (non-hydrogen) atoms. The highest BCUT2D eigenvalue weighted by Crippen LogP contribution is 2.10. The lowest BCUT2D eigenvalue weighted by atomic mass is 10.1. The van der Waals surface area contributed by atoms with Crippen molar-refractivity contribution in [1.82, 2.24) is 5.32 Å². The Morgan fingerprint density at radius 1 is 1.38 bits per heavy atom. The summed E-state index contributed by atoms with van der Waals surface area (Å²) in [6.45, 7) is 11.1. The molecule has 0 saturated heterocycles. The smallest absolute Gasteiger partial charge is 0.0369 e. The van der Waals surface area contributed by atoms with Gasteiger partial charge in [0, 0.05) is 12.2 Å². The minimum Gasteiger partial charge on any atom is -0.385 e. The SMILES string of the molecule is C=C/C=C(NCCC)\C(=C/C)CC. The highest BCUT2D eigenvalue weighted by atomic mass is 14.9. The fourth-order valence-corrected chi connectivity index (χ4v) is 1.21. The summed E-state index contributed by atoms with van der Waals surface area (Å²) in [5.41, 5.74) is 2.57. The zero-order valence-electron chi connectivity index (χ0n) is 9.06. The first-order valence-electron chi connectivity index (χ1n) is 5.02. The van der Waals surface area contributed by atoms with Crippen molar-refractivity contribution in [3.05, 3.63) is 36.1 Å². The summed E-state index contributed by atoms with van der Waals surface area (Å²) in [4.78, 5) is 0. The van der Waals surface area contributed by atoms with E-state index < -0.39 is 0 Å². The summed E-state index contributed by atoms with van der Waals surface area (Å²) < 4.78 is 0. The lowest BCUT2D eigenvalue weighted by molar-refractivity contribution is 0.767. The van der Waals surface area contributed by atoms with Crippen LogP contribution in [0.25, 0.3) is 0 Å². The third-order valence-electron chi connectivity index (χ3n) is 1.93. The number of allylic oxidation sites excluding steroid dienone is 4. The molecule has 1 N–H and O–H groups in total. The third-order valence-corrected chi connectivity index (χ3v) is 1.93. The second kappa shape index (κ2) is 7.66. The van der Waals surface area contributed by atoms with Gasteiger partial charge in [0.05, 0.1) is 0 Å². The van der Waals surface area contributed by atoms with E-state index in [4.69, 9.17) is 0 Å². The standard InChI is InChI=1S/C12H21N/c1-5-9-12(13-10-6-2)11(7-3)8-4/h5,7,9,13H,1,6,8,10H2,2-4H3/b11-7-,12-9+. The van der Waals surface area contributed by atoms with Gasteiger partial charge in [0.25, 0.3) is 0 Å². The Kier molecular flexibility index (Phi) is 7.08. The normalized spacial score (nSPS) is 12.8. The minimum absolute atomic E-state index is 1.02. The molecule has 0 atom stereocenters. The summed E-state index contributed by atoms with van der Waals surface area (Å²) in [6, 6.07) is 0. The van der Waals surface area contributed by atoms with E-state index in [0.29, 0.717) is 0 Å². The van der Waals surface area contributed by atoms with E-state index in [2.05, 4.69) is 38.7 Å². The van der Waals surface area contributed by atoms with Crippen LogP contribution in [0.15, 0.2) is 36.1 Å². The van der Waals surface area contributed by atoms with Crippen LogP contribution in [0.4, 0.5) is 0 Å². The molecule has 0 aliphatic carbocycles. The van der Waals surface area contributed by atoms with E-state index >= 15 is 0 Å². The van der Waals surface area contributed by atoms with Gasteiger partial charge >= 0.3 is 0 Å². The molecule has 0 saturated carbocycles. The molecular formula is C12H21N. The van der Waals surface area contributed by atoms with Crippen molar-refractivity contribution in [2.24, 2.45) is 0 Å². The van der Waals surface area contributed by atoms with Crippen molar-refractivity contribution < 1.29 is 0 Å². The maximum absolute atomic E-state index is 3.72. The molecule has 0 bridgehead atoms. The topological polar surface area (TPSA) is 12.0 Å². The number of rotatable bonds is 6. The Balaban J connectivity index is 4.40. The fraction of sp³-hybridized carbons (Fsp3) is 0.500. The van der Waals surface area contributed by atoms with Gasteiger partial charge in [-0.15, -0.1) is 0 Å². The maximum Gasteiger partial charge on any atom is 0.0369 e. The molecule has 1 heteroatoms. The van der Waals surface area contributed by atoms with Gasteiger partial charge in [-0.25, -0.2) is 0 Å². The lowest BCUT2D eigenvalue weighted by Gasteiger charge is -2.11. The van der Waals surface area contributed by atoms with Crippen LogP contribution >= 0.6 is 0 Å². The predicted octanol–water partition coefficient (Wildman–Crippen LogP) is 3.41. The number of hydrogen-bond donors (Lipinski definition) is 1. The monoisotopic (exact) mass is 179 g/mol. The van der Waals surface area contributed by atoms with Gasteiger partial charge in [-0.3, -0.25) is 0 Å². The van der Waals surface area contributed by atoms with Crippen molar-refractivity contribution in [3.63, 3.8) is 0 Å². The first-order chi connectivity index (χ1) is 6.29. The van der Waals surface area contributed by atoms with Crippen LogP contribution in [0.5, 0.6) is 0 Å². The van der Waals surface area contributed by atoms with Gasteiger partial charge in [0.15, 0.2) is 0 Å². The molecule has 0 aromatic rings. The van der Waals surface area contributed by atoms with E-state index in [1.165, 1.54) is 11.3 Å². The highest BCUT2D eigenvalue weighted by molar-refractivity contribution is 5.31. The predicted molar refractivity (Wildman–Crippen MR) is 60.6 cm³/mol. The fourth-order valence-electron chi connectivity index (χ4n) is 1.21. The van der Waals surface area contributed by atoms with Gasteiger partial charge in [-0.2, -0.15) is 0 Å². The maximum atomic E-state index is 3.72. The van der Waals surface area contributed by atoms with Crippen molar-refractivity contribution >= 4 is 0 Å². The summed E-state index contributed by atoms with van der Waals surface area (Å²) in [6.07, 6.45) is 8.23. The molecule has 0 fully saturated rings. The molecule has 0 amide bonds. The molecule has 0 rings (SSSR count). The van der Waals surface area contributed by atoms with E-state index in [1.54, 1.807) is 0 Å². The molecule has 1 nitrogen and oxygen atoms in total. The molecule has 0 aromatic carbocycles. The van der Waals surface area contributed by atoms with Crippen LogP contribution in [-0.2, 0) is 0 Å². The van der Waals surface area contributed by atoms with Crippen molar-refractivity contribution in [2.45, 2.75) is 33.6 Å². The average Bonchev–Trinajstić information content (AvgIpc) is 2.16.